The summed E-state index contributed by atoms with van der Waals surface area (Å²) >= 11 is 6.13. The molecule has 1 saturated heterocycles. The first-order chi connectivity index (χ1) is 10.7. The van der Waals surface area contributed by atoms with Crippen molar-refractivity contribution in [2.45, 2.75) is 13.1 Å². The van der Waals surface area contributed by atoms with E-state index in [0.29, 0.717) is 0 Å². The Morgan fingerprint density at radius 1 is 1.00 bits per heavy atom. The maximum Gasteiger partial charge on any atom is 0.0513 e. The van der Waals surface area contributed by atoms with Crippen molar-refractivity contribution in [3.8, 4) is 0 Å². The fourth-order valence-corrected chi connectivity index (χ4v) is 3.15. The van der Waals surface area contributed by atoms with E-state index in [0.717, 1.165) is 37.9 Å². The molecule has 0 saturated carbocycles. The molecule has 1 aliphatic rings. The van der Waals surface area contributed by atoms with Crippen molar-refractivity contribution >= 4 is 17.7 Å². The summed E-state index contributed by atoms with van der Waals surface area (Å²) in [5, 5.41) is 0.793. The number of halogens is 1. The van der Waals surface area contributed by atoms with Gasteiger partial charge in [-0.05, 0) is 28.8 Å². The van der Waals surface area contributed by atoms with Crippen LogP contribution in [-0.2, 0) is 13.1 Å². The first-order valence-corrected chi connectivity index (χ1v) is 8.02. The van der Waals surface area contributed by atoms with Crippen molar-refractivity contribution in [2.75, 3.05) is 19.8 Å². The van der Waals surface area contributed by atoms with Gasteiger partial charge in [0.15, 0.2) is 0 Å². The summed E-state index contributed by atoms with van der Waals surface area (Å²) in [5.74, 6) is 0. The average molecular weight is 313 g/mol. The monoisotopic (exact) mass is 312 g/mol. The summed E-state index contributed by atoms with van der Waals surface area (Å²) in [5.41, 5.74) is 3.80. The van der Waals surface area contributed by atoms with Crippen molar-refractivity contribution in [1.29, 1.82) is 0 Å². The van der Waals surface area contributed by atoms with E-state index in [1.807, 2.05) is 18.2 Å². The van der Waals surface area contributed by atoms with Gasteiger partial charge in [-0.2, -0.15) is 0 Å². The lowest BCUT2D eigenvalue weighted by Crippen LogP contribution is -2.25. The number of rotatable bonds is 5. The zero-order valence-electron chi connectivity index (χ0n) is 12.7. The lowest BCUT2D eigenvalue weighted by Gasteiger charge is -2.19. The Bertz CT molecular complexity index is 639. The van der Waals surface area contributed by atoms with Crippen LogP contribution in [0.4, 0.5) is 0 Å². The van der Waals surface area contributed by atoms with E-state index in [1.165, 1.54) is 16.7 Å². The maximum absolute atomic E-state index is 6.13. The normalized spacial score (nSPS) is 16.0. The largest absolute Gasteiger partial charge is 0.285 e. The molecule has 1 heterocycles. The van der Waals surface area contributed by atoms with Gasteiger partial charge in [-0.15, -0.1) is 0 Å². The minimum Gasteiger partial charge on any atom is -0.285 e. The van der Waals surface area contributed by atoms with E-state index in [4.69, 9.17) is 11.6 Å². The molecule has 0 radical (unpaired) electrons. The fraction of sp³-hybridized carbons (Fsp3) is 0.263. The van der Waals surface area contributed by atoms with Crippen molar-refractivity contribution in [1.82, 2.24) is 9.80 Å². The van der Waals surface area contributed by atoms with Gasteiger partial charge in [0, 0.05) is 31.2 Å². The maximum atomic E-state index is 6.13. The van der Waals surface area contributed by atoms with Crippen LogP contribution in [0.25, 0.3) is 6.08 Å². The Kier molecular flexibility index (Phi) is 4.94. The fourth-order valence-electron chi connectivity index (χ4n) is 2.96. The summed E-state index contributed by atoms with van der Waals surface area (Å²) in [7, 11) is 0. The molecule has 1 fully saturated rings. The molecule has 0 N–H and O–H groups in total. The average Bonchev–Trinajstić information content (AvgIpc) is 2.96. The van der Waals surface area contributed by atoms with Crippen LogP contribution in [0.15, 0.2) is 55.1 Å². The van der Waals surface area contributed by atoms with E-state index in [-0.39, 0.29) is 0 Å². The Morgan fingerprint density at radius 2 is 1.73 bits per heavy atom. The van der Waals surface area contributed by atoms with Crippen LogP contribution in [0, 0.1) is 0 Å². The number of hydrogen-bond donors (Lipinski definition) is 0. The first kappa shape index (κ1) is 15.3. The Morgan fingerprint density at radius 3 is 2.45 bits per heavy atom. The van der Waals surface area contributed by atoms with Crippen molar-refractivity contribution in [3.63, 3.8) is 0 Å². The molecule has 0 unspecified atom stereocenters. The molecule has 3 rings (SSSR count). The van der Waals surface area contributed by atoms with Crippen LogP contribution in [0.1, 0.15) is 16.7 Å². The number of nitrogens with zero attached hydrogens (tertiary/aromatic N) is 2. The first-order valence-electron chi connectivity index (χ1n) is 7.64. The van der Waals surface area contributed by atoms with E-state index >= 15 is 0 Å². The van der Waals surface area contributed by atoms with Gasteiger partial charge in [-0.3, -0.25) is 9.80 Å². The molecule has 0 aromatic heterocycles. The molecule has 2 nitrogen and oxygen atoms in total. The number of benzene rings is 2. The molecule has 3 heteroatoms. The molecular weight excluding hydrogens is 292 g/mol. The number of hydrogen-bond acceptors (Lipinski definition) is 2. The zero-order valence-corrected chi connectivity index (χ0v) is 13.5. The smallest absolute Gasteiger partial charge is 0.0513 e. The molecule has 0 aliphatic carbocycles. The summed E-state index contributed by atoms with van der Waals surface area (Å²) in [6, 6.07) is 16.7. The van der Waals surface area contributed by atoms with Gasteiger partial charge < -0.3 is 0 Å². The second kappa shape index (κ2) is 7.10. The molecular formula is C19H21ClN2. The SMILES string of the molecule is C=Cc1ccc(Cl)cc1CN1CCN(Cc2ccccc2)C1. The van der Waals surface area contributed by atoms with Gasteiger partial charge in [-0.1, -0.05) is 60.7 Å². The van der Waals surface area contributed by atoms with Crippen molar-refractivity contribution in [2.24, 2.45) is 0 Å². The topological polar surface area (TPSA) is 6.48 Å². The highest BCUT2D eigenvalue weighted by Gasteiger charge is 2.20. The van der Waals surface area contributed by atoms with Gasteiger partial charge in [0.2, 0.25) is 0 Å². The summed E-state index contributed by atoms with van der Waals surface area (Å²) in [6.07, 6.45) is 1.91. The summed E-state index contributed by atoms with van der Waals surface area (Å²) in [6.45, 7) is 9.03. The summed E-state index contributed by atoms with van der Waals surface area (Å²) in [4.78, 5) is 4.94. The Labute approximate surface area is 137 Å². The van der Waals surface area contributed by atoms with E-state index in [9.17, 15) is 0 Å². The van der Waals surface area contributed by atoms with Crippen LogP contribution < -0.4 is 0 Å². The molecule has 0 atom stereocenters. The summed E-state index contributed by atoms with van der Waals surface area (Å²) < 4.78 is 0. The minimum atomic E-state index is 0.793. The van der Waals surface area contributed by atoms with E-state index in [2.05, 4.69) is 52.8 Å². The molecule has 114 valence electrons. The molecule has 2 aromatic carbocycles. The lowest BCUT2D eigenvalue weighted by molar-refractivity contribution is 0.235. The molecule has 0 amide bonds. The third-order valence-corrected chi connectivity index (χ3v) is 4.34. The van der Waals surface area contributed by atoms with Gasteiger partial charge in [0.1, 0.15) is 0 Å². The Hall–Kier alpha value is -1.61. The third kappa shape index (κ3) is 3.77. The van der Waals surface area contributed by atoms with Crippen molar-refractivity contribution < 1.29 is 0 Å². The highest BCUT2D eigenvalue weighted by Crippen LogP contribution is 2.21. The second-order valence-corrected chi connectivity index (χ2v) is 6.22. The minimum absolute atomic E-state index is 0.793. The van der Waals surface area contributed by atoms with Crippen molar-refractivity contribution in [3.05, 3.63) is 76.8 Å². The van der Waals surface area contributed by atoms with Crippen LogP contribution in [0.5, 0.6) is 0 Å². The molecule has 1 aliphatic heterocycles. The van der Waals surface area contributed by atoms with Gasteiger partial charge in [0.05, 0.1) is 6.67 Å². The third-order valence-electron chi connectivity index (χ3n) is 4.10. The van der Waals surface area contributed by atoms with Gasteiger partial charge >= 0.3 is 0 Å². The predicted molar refractivity (Wildman–Crippen MR) is 93.7 cm³/mol. The van der Waals surface area contributed by atoms with Crippen LogP contribution in [0.3, 0.4) is 0 Å². The van der Waals surface area contributed by atoms with Crippen LogP contribution in [-0.4, -0.2) is 29.6 Å². The lowest BCUT2D eigenvalue weighted by atomic mass is 10.1. The van der Waals surface area contributed by atoms with Gasteiger partial charge in [0.25, 0.3) is 0 Å². The van der Waals surface area contributed by atoms with Crippen LogP contribution >= 0.6 is 11.6 Å². The van der Waals surface area contributed by atoms with E-state index in [1.54, 1.807) is 0 Å². The Balaban J connectivity index is 1.61. The molecule has 0 spiro atoms. The molecule has 2 aromatic rings. The highest BCUT2D eigenvalue weighted by molar-refractivity contribution is 6.30. The van der Waals surface area contributed by atoms with E-state index < -0.39 is 0 Å². The quantitative estimate of drug-likeness (QED) is 0.814. The van der Waals surface area contributed by atoms with Gasteiger partial charge in [-0.25, -0.2) is 0 Å². The standard InChI is InChI=1S/C19H21ClN2/c1-2-17-8-9-19(20)12-18(17)14-22-11-10-21(15-22)13-16-6-4-3-5-7-16/h2-9,12H,1,10-11,13-15H2. The highest BCUT2D eigenvalue weighted by atomic mass is 35.5. The molecule has 0 bridgehead atoms. The zero-order chi connectivity index (χ0) is 15.4. The second-order valence-electron chi connectivity index (χ2n) is 5.78. The van der Waals surface area contributed by atoms with Crippen LogP contribution in [0.2, 0.25) is 5.02 Å². The predicted octanol–water partition coefficient (Wildman–Crippen LogP) is 4.26. The molecule has 22 heavy (non-hydrogen) atoms.